The first-order valence-electron chi connectivity index (χ1n) is 15.1. The number of hydrogen-bond acceptors (Lipinski definition) is 7. The third-order valence-electron chi connectivity index (χ3n) is 8.00. The fraction of sp³-hybridized carbons (Fsp3) is 0.278. The molecule has 3 amide bonds. The SMILES string of the molecule is CC(Sc1cccc(NC(=O)/C(=C/c2ccsc2)NC(=O)c2ccccc2)c1)C(=O)Nc1sc2c(c1C#N)CCC(C(C)(C)C)C2. The topological polar surface area (TPSA) is 111 Å². The second-order valence-electron chi connectivity index (χ2n) is 12.3. The molecule has 236 valence electrons. The smallest absolute Gasteiger partial charge is 0.272 e. The molecule has 2 aromatic heterocycles. The largest absolute Gasteiger partial charge is 0.321 e. The summed E-state index contributed by atoms with van der Waals surface area (Å²) in [6.07, 6.45) is 4.46. The molecular formula is C36H36N4O3S3. The molecule has 10 heteroatoms. The molecule has 4 aromatic rings. The number of nitrogens with one attached hydrogen (secondary N) is 3. The van der Waals surface area contributed by atoms with E-state index in [9.17, 15) is 19.6 Å². The first kappa shape index (κ1) is 33.2. The molecular weight excluding hydrogens is 633 g/mol. The lowest BCUT2D eigenvalue weighted by Crippen LogP contribution is -2.30. The molecule has 2 atom stereocenters. The van der Waals surface area contributed by atoms with Gasteiger partial charge >= 0.3 is 0 Å². The minimum Gasteiger partial charge on any atom is -0.321 e. The van der Waals surface area contributed by atoms with Crippen molar-refractivity contribution in [3.05, 3.63) is 104 Å². The monoisotopic (exact) mass is 668 g/mol. The number of anilines is 2. The minimum absolute atomic E-state index is 0.110. The van der Waals surface area contributed by atoms with Gasteiger partial charge in [-0.2, -0.15) is 16.6 Å². The van der Waals surface area contributed by atoms with E-state index in [0.717, 1.165) is 35.3 Å². The summed E-state index contributed by atoms with van der Waals surface area (Å²) in [5, 5.41) is 22.5. The number of nitrogens with zero attached hydrogens (tertiary/aromatic N) is 1. The molecule has 2 aromatic carbocycles. The molecule has 0 fully saturated rings. The van der Waals surface area contributed by atoms with Crippen LogP contribution in [0.3, 0.4) is 0 Å². The summed E-state index contributed by atoms with van der Waals surface area (Å²) in [5.74, 6) is -0.505. The molecule has 0 radical (unpaired) electrons. The zero-order chi connectivity index (χ0) is 32.8. The highest BCUT2D eigenvalue weighted by atomic mass is 32.2. The third-order valence-corrected chi connectivity index (χ3v) is 11.0. The molecule has 1 aliphatic carbocycles. The summed E-state index contributed by atoms with van der Waals surface area (Å²) < 4.78 is 0. The van der Waals surface area contributed by atoms with E-state index in [4.69, 9.17) is 0 Å². The maximum absolute atomic E-state index is 13.4. The first-order valence-corrected chi connectivity index (χ1v) is 17.7. The van der Waals surface area contributed by atoms with Crippen molar-refractivity contribution in [2.24, 2.45) is 11.3 Å². The van der Waals surface area contributed by atoms with Crippen LogP contribution in [0.1, 0.15) is 66.0 Å². The summed E-state index contributed by atoms with van der Waals surface area (Å²) in [6, 6.07) is 20.2. The summed E-state index contributed by atoms with van der Waals surface area (Å²) >= 11 is 4.38. The molecule has 3 N–H and O–H groups in total. The Hall–Kier alpha value is -4.17. The van der Waals surface area contributed by atoms with Gasteiger partial charge in [-0.25, -0.2) is 0 Å². The van der Waals surface area contributed by atoms with Crippen LogP contribution in [0.2, 0.25) is 0 Å². The van der Waals surface area contributed by atoms with Crippen molar-refractivity contribution in [2.45, 2.75) is 57.1 Å². The summed E-state index contributed by atoms with van der Waals surface area (Å²) in [5.41, 5.74) is 3.74. The summed E-state index contributed by atoms with van der Waals surface area (Å²) in [6.45, 7) is 8.59. The number of carbonyl (C=O) groups excluding carboxylic acids is 3. The van der Waals surface area contributed by atoms with Gasteiger partial charge in [0.15, 0.2) is 0 Å². The molecule has 2 heterocycles. The predicted molar refractivity (Wildman–Crippen MR) is 189 cm³/mol. The third kappa shape index (κ3) is 8.15. The van der Waals surface area contributed by atoms with Crippen LogP contribution < -0.4 is 16.0 Å². The van der Waals surface area contributed by atoms with Gasteiger partial charge in [0.25, 0.3) is 11.8 Å². The van der Waals surface area contributed by atoms with Gasteiger partial charge in [0.2, 0.25) is 5.91 Å². The fourth-order valence-electron chi connectivity index (χ4n) is 5.31. The van der Waals surface area contributed by atoms with Gasteiger partial charge in [0, 0.05) is 21.0 Å². The summed E-state index contributed by atoms with van der Waals surface area (Å²) in [4.78, 5) is 41.5. The molecule has 5 rings (SSSR count). The van der Waals surface area contributed by atoms with Crippen molar-refractivity contribution in [3.8, 4) is 6.07 Å². The van der Waals surface area contributed by atoms with Crippen molar-refractivity contribution in [1.29, 1.82) is 5.26 Å². The van der Waals surface area contributed by atoms with Gasteiger partial charge in [-0.3, -0.25) is 14.4 Å². The normalized spacial score (nSPS) is 15.3. The van der Waals surface area contributed by atoms with Gasteiger partial charge in [0.1, 0.15) is 16.8 Å². The number of hydrogen-bond donors (Lipinski definition) is 3. The lowest BCUT2D eigenvalue weighted by molar-refractivity contribution is -0.115. The van der Waals surface area contributed by atoms with E-state index in [0.29, 0.717) is 27.7 Å². The maximum atomic E-state index is 13.4. The van der Waals surface area contributed by atoms with Crippen LogP contribution in [-0.2, 0) is 22.4 Å². The Balaban J connectivity index is 1.25. The summed E-state index contributed by atoms with van der Waals surface area (Å²) in [7, 11) is 0. The van der Waals surface area contributed by atoms with Crippen molar-refractivity contribution in [3.63, 3.8) is 0 Å². The van der Waals surface area contributed by atoms with Gasteiger partial charge in [0.05, 0.1) is 10.8 Å². The van der Waals surface area contributed by atoms with Gasteiger partial charge in [-0.05, 0) is 102 Å². The van der Waals surface area contributed by atoms with Crippen LogP contribution in [0.5, 0.6) is 0 Å². The van der Waals surface area contributed by atoms with E-state index >= 15 is 0 Å². The van der Waals surface area contributed by atoms with E-state index in [2.05, 4.69) is 42.8 Å². The van der Waals surface area contributed by atoms with E-state index in [1.165, 1.54) is 39.3 Å². The standard InChI is InChI=1S/C36H36N4O3S3/c1-22(32(41)40-35-29(20-37)28-14-13-25(36(2,3)4)18-31(28)46-35)45-27-12-8-11-26(19-27)38-34(43)30(17-23-15-16-44-21-23)39-33(42)24-9-6-5-7-10-24/h5-12,15-17,19,21-22,25H,13-14,18H2,1-4H3,(H,38,43)(H,39,42)(H,40,41)/b30-17-. The highest BCUT2D eigenvalue weighted by Crippen LogP contribution is 2.44. The average Bonchev–Trinajstić information content (AvgIpc) is 3.67. The molecule has 7 nitrogen and oxygen atoms in total. The second kappa shape index (κ2) is 14.5. The number of rotatable bonds is 9. The second-order valence-corrected chi connectivity index (χ2v) is 15.6. The Morgan fingerprint density at radius 1 is 1.07 bits per heavy atom. The molecule has 46 heavy (non-hydrogen) atoms. The Bertz CT molecular complexity index is 1800. The Morgan fingerprint density at radius 3 is 2.54 bits per heavy atom. The van der Waals surface area contributed by atoms with E-state index < -0.39 is 11.2 Å². The van der Waals surface area contributed by atoms with Crippen molar-refractivity contribution < 1.29 is 14.4 Å². The molecule has 2 unspecified atom stereocenters. The van der Waals surface area contributed by atoms with Gasteiger partial charge in [-0.1, -0.05) is 45.0 Å². The quantitative estimate of drug-likeness (QED) is 0.123. The van der Waals surface area contributed by atoms with Crippen LogP contribution in [0.4, 0.5) is 10.7 Å². The van der Waals surface area contributed by atoms with Crippen molar-refractivity contribution >= 4 is 68.9 Å². The lowest BCUT2D eigenvalue weighted by atomic mass is 9.72. The zero-order valence-corrected chi connectivity index (χ0v) is 28.6. The van der Waals surface area contributed by atoms with Crippen molar-refractivity contribution in [1.82, 2.24) is 5.32 Å². The van der Waals surface area contributed by atoms with Gasteiger partial charge in [-0.15, -0.1) is 23.1 Å². The van der Waals surface area contributed by atoms with Gasteiger partial charge < -0.3 is 16.0 Å². The van der Waals surface area contributed by atoms with E-state index in [1.807, 2.05) is 35.9 Å². The number of amides is 3. The van der Waals surface area contributed by atoms with Crippen LogP contribution >= 0.6 is 34.4 Å². The molecule has 0 bridgehead atoms. The van der Waals surface area contributed by atoms with Crippen LogP contribution in [0.15, 0.2) is 82.0 Å². The average molecular weight is 669 g/mol. The number of benzene rings is 2. The Kier molecular flexibility index (Phi) is 10.5. The number of nitriles is 1. The number of carbonyl (C=O) groups is 3. The fourth-order valence-corrected chi connectivity index (χ4v) is 8.14. The number of fused-ring (bicyclic) bond motifs is 1. The predicted octanol–water partition coefficient (Wildman–Crippen LogP) is 8.36. The molecule has 1 aliphatic rings. The molecule has 0 aliphatic heterocycles. The van der Waals surface area contributed by atoms with E-state index in [-0.39, 0.29) is 22.9 Å². The highest BCUT2D eigenvalue weighted by Gasteiger charge is 2.32. The highest BCUT2D eigenvalue weighted by molar-refractivity contribution is 8.00. The first-order chi connectivity index (χ1) is 22.0. The molecule has 0 saturated heterocycles. The van der Waals surface area contributed by atoms with Crippen LogP contribution in [0.25, 0.3) is 6.08 Å². The number of thioether (sulfide) groups is 1. The lowest BCUT2D eigenvalue weighted by Gasteiger charge is -2.33. The Labute approximate surface area is 282 Å². The molecule has 0 saturated carbocycles. The van der Waals surface area contributed by atoms with Crippen LogP contribution in [-0.4, -0.2) is 23.0 Å². The molecule has 0 spiro atoms. The van der Waals surface area contributed by atoms with Crippen LogP contribution in [0, 0.1) is 22.7 Å². The minimum atomic E-state index is -0.470. The zero-order valence-electron chi connectivity index (χ0n) is 26.2. The Morgan fingerprint density at radius 2 is 1.85 bits per heavy atom. The van der Waals surface area contributed by atoms with E-state index in [1.54, 1.807) is 48.5 Å². The number of thiophene rings is 2. The maximum Gasteiger partial charge on any atom is 0.272 e. The van der Waals surface area contributed by atoms with Crippen molar-refractivity contribution in [2.75, 3.05) is 10.6 Å².